The van der Waals surface area contributed by atoms with Gasteiger partial charge in [-0.05, 0) is 6.42 Å². The number of carbonyl (C=O) groups is 2. The maximum atomic E-state index is 12.7. The largest absolute Gasteiger partial charge is 1.00 e. The molecule has 0 unspecified atom stereocenters. The molecule has 0 radical (unpaired) electrons. The van der Waals surface area contributed by atoms with E-state index < -0.39 is 323 Å². The van der Waals surface area contributed by atoms with E-state index in [0.29, 0.717) is 0 Å². The summed E-state index contributed by atoms with van der Waals surface area (Å²) in [5.41, 5.74) is 0. The topological polar surface area (TPSA) is 679 Å². The van der Waals surface area contributed by atoms with Gasteiger partial charge in [0.25, 0.3) is 0 Å². The summed E-state index contributed by atoms with van der Waals surface area (Å²) in [6, 6.07) is 0. The molecule has 44 heteroatoms. The SMILES string of the molecule is O=C([O-])CCC(=O)OC[C@H]1O[C@@H]2O[C@H]3[C@H](O)[C@@H](O)[C@@H](O[C@H]4[C@H](O)[C@@H](O)[C@@H](O[C@H]5[C@H](O)[C@@H](O)[C@@H](O[C@H]6[C@H](O)[C@H](O)[C@@H](O[C@H]7[C@H](O)[C@@H](O)[C@@H](O[C@H]8[C@H](O)[C@@H](O)[C@@H](O[C@H]9[C@H](O)[C@@H](O)[C@@H](O[C@H]1[C@H](O)[C@H]2O)O[C@@H]9CO)O[C@@H]8CO)O[C@@H]7CO)O[C@@H]6CO)O[C@@H]5CO)O[C@@H]4CO)O[C@@H]3CO.[K+]. The van der Waals surface area contributed by atoms with Crippen LogP contribution in [0.5, 0.6) is 0 Å². The molecule has 30 fully saturated rings. The second-order valence-corrected chi connectivity index (χ2v) is 23.8. The second kappa shape index (κ2) is 35.2. The van der Waals surface area contributed by atoms with Crippen molar-refractivity contribution in [3.05, 3.63) is 0 Å². The average molecular weight is 1440 g/mol. The number of carboxylic acids is 1. The number of esters is 1. The molecule has 96 heavy (non-hydrogen) atoms. The summed E-state index contributed by atoms with van der Waals surface area (Å²) in [6.45, 7) is -8.90. The molecule has 0 aliphatic carbocycles. The zero-order valence-corrected chi connectivity index (χ0v) is 53.7. The first-order chi connectivity index (χ1) is 45.1. The van der Waals surface area contributed by atoms with Crippen molar-refractivity contribution >= 4 is 11.9 Å². The quantitative estimate of drug-likeness (QED) is 0.0637. The van der Waals surface area contributed by atoms with Crippen LogP contribution in [0.1, 0.15) is 12.8 Å². The van der Waals surface area contributed by atoms with Crippen LogP contribution in [0.25, 0.3) is 0 Å². The Morgan fingerprint density at radius 1 is 0.250 bits per heavy atom. The van der Waals surface area contributed by atoms with E-state index in [4.69, 9.17) is 80.5 Å². The van der Waals surface area contributed by atoms with Crippen LogP contribution in [-0.2, 0) is 90.1 Å². The number of aliphatic hydroxyl groups excluding tert-OH is 23. The predicted molar refractivity (Wildman–Crippen MR) is 279 cm³/mol. The van der Waals surface area contributed by atoms with Crippen molar-refractivity contribution in [3.63, 3.8) is 0 Å². The summed E-state index contributed by atoms with van der Waals surface area (Å²) >= 11 is 0. The van der Waals surface area contributed by atoms with Crippen molar-refractivity contribution in [2.45, 2.75) is 258 Å². The van der Waals surface area contributed by atoms with Gasteiger partial charge in [-0.2, -0.15) is 0 Å². The number of carbonyl (C=O) groups excluding carboxylic acids is 2. The van der Waals surface area contributed by atoms with Crippen LogP contribution in [-0.4, -0.2) is 428 Å². The monoisotopic (exact) mass is 1430 g/mol. The third kappa shape index (κ3) is 17.0. The van der Waals surface area contributed by atoms with Crippen molar-refractivity contribution in [1.82, 2.24) is 0 Å². The molecule has 30 rings (SSSR count). The standard InChI is InChI=1S/C52H84O43.K/c53-3-11-37-21(63)29(71)45(80-11)89-38-12(4-54)82-47(31(73)23(38)65)91-40-14(6-56)84-49(33(75)25(40)67)93-42-16(8-58)86-51(35(77)27(42)69)95-44-18(10-79-20(62)2-1-19(60)61)87-52(36(78)28(44)70)94-43-17(9-59)85-50(34(76)26(43)68)92-41-15(7-57)83-48(32(74)24(41)66)90-39-13(5-55)81-46(88-37)30(72)22(39)64;/h11-18,21-59,63-78H,1-10H2,(H,60,61);/q;+1/p-1/t11-,12-,13-,14-,15-,16-,17-,18-,21-,22-,23-,24-,25-,26-,27-,28-,29+,30-,31-,32-,33-,34-,35-,36-,37-,38-,39-,40-,41-,42-,43-,44-,45-,46-,47-,48-,49-,50-,51-,52-;/m1./s1. The Bertz CT molecular complexity index is 2400. The minimum atomic E-state index is -2.38. The fourth-order valence-electron chi connectivity index (χ4n) is 12.3. The third-order valence-corrected chi connectivity index (χ3v) is 17.7. The number of hydrogen-bond donors (Lipinski definition) is 23. The molecule has 43 nitrogen and oxygen atoms in total. The Hall–Kier alpha value is -0.984. The van der Waals surface area contributed by atoms with E-state index >= 15 is 0 Å². The van der Waals surface area contributed by atoms with Crippen LogP contribution in [0.3, 0.4) is 0 Å². The van der Waals surface area contributed by atoms with Crippen molar-refractivity contribution < 1.29 is 264 Å². The number of hydrogen-bond acceptors (Lipinski definition) is 43. The van der Waals surface area contributed by atoms with Gasteiger partial charge in [-0.3, -0.25) is 4.79 Å². The van der Waals surface area contributed by atoms with Crippen molar-refractivity contribution in [2.75, 3.05) is 52.9 Å². The average Bonchev–Trinajstić information content (AvgIpc) is 0.780. The van der Waals surface area contributed by atoms with Gasteiger partial charge >= 0.3 is 57.4 Å². The van der Waals surface area contributed by atoms with Gasteiger partial charge in [0.15, 0.2) is 50.3 Å². The predicted octanol–water partition coefficient (Wildman–Crippen LogP) is -21.3. The molecular weight excluding hydrogens is 1350 g/mol. The Kier molecular flexibility index (Phi) is 29.6. The first kappa shape index (κ1) is 80.7. The molecule has 30 aliphatic heterocycles. The van der Waals surface area contributed by atoms with Crippen LogP contribution in [0.15, 0.2) is 0 Å². The van der Waals surface area contributed by atoms with E-state index in [-0.39, 0.29) is 51.4 Å². The zero-order chi connectivity index (χ0) is 69.3. The molecule has 550 valence electrons. The minimum Gasteiger partial charge on any atom is -0.550 e. The van der Waals surface area contributed by atoms with Gasteiger partial charge in [-0.1, -0.05) is 0 Å². The summed E-state index contributed by atoms with van der Waals surface area (Å²) in [5, 5.41) is 268. The van der Waals surface area contributed by atoms with Gasteiger partial charge in [0.05, 0.1) is 52.7 Å². The van der Waals surface area contributed by atoms with Crippen molar-refractivity contribution in [1.29, 1.82) is 0 Å². The maximum Gasteiger partial charge on any atom is 1.00 e. The first-order valence-corrected chi connectivity index (χ1v) is 30.1. The molecule has 16 bridgehead atoms. The van der Waals surface area contributed by atoms with Gasteiger partial charge in [-0.15, -0.1) is 0 Å². The van der Waals surface area contributed by atoms with E-state index in [1.807, 2.05) is 0 Å². The molecule has 0 amide bonds. The summed E-state index contributed by atoms with van der Waals surface area (Å²) in [6.07, 6.45) is -86.2. The molecule has 0 aromatic carbocycles. The summed E-state index contributed by atoms with van der Waals surface area (Å²) in [5.74, 6) is -2.90. The maximum absolute atomic E-state index is 12.7. The second-order valence-electron chi connectivity index (χ2n) is 23.8. The van der Waals surface area contributed by atoms with Crippen molar-refractivity contribution in [2.24, 2.45) is 0 Å². The summed E-state index contributed by atoms with van der Waals surface area (Å²) in [7, 11) is 0. The van der Waals surface area contributed by atoms with Crippen LogP contribution in [0, 0.1) is 0 Å². The number of rotatable bonds is 12. The molecule has 0 saturated carbocycles. The van der Waals surface area contributed by atoms with E-state index in [2.05, 4.69) is 0 Å². The molecule has 30 aliphatic rings. The number of aliphatic hydroxyl groups is 23. The molecule has 40 atom stereocenters. The van der Waals surface area contributed by atoms with Gasteiger partial charge in [-0.25, -0.2) is 0 Å². The molecule has 23 N–H and O–H groups in total. The Balaban J connectivity index is 0.0000118. The Morgan fingerprint density at radius 3 is 0.562 bits per heavy atom. The minimum absolute atomic E-state index is 0. The van der Waals surface area contributed by atoms with E-state index in [9.17, 15) is 132 Å². The van der Waals surface area contributed by atoms with Crippen molar-refractivity contribution in [3.8, 4) is 0 Å². The number of ether oxygens (including phenoxy) is 17. The number of carboxylic acid groups (broad SMARTS) is 1. The van der Waals surface area contributed by atoms with Crippen LogP contribution in [0.4, 0.5) is 0 Å². The smallest absolute Gasteiger partial charge is 0.550 e. The molecule has 30 heterocycles. The fourth-order valence-corrected chi connectivity index (χ4v) is 12.3. The van der Waals surface area contributed by atoms with Gasteiger partial charge in [0, 0.05) is 5.97 Å². The van der Waals surface area contributed by atoms with Gasteiger partial charge < -0.3 is 208 Å². The van der Waals surface area contributed by atoms with Crippen LogP contribution >= 0.6 is 0 Å². The Morgan fingerprint density at radius 2 is 0.406 bits per heavy atom. The fraction of sp³-hybridized carbons (Fsp3) is 0.962. The third-order valence-electron chi connectivity index (χ3n) is 17.7. The Labute approximate surface area is 584 Å². The van der Waals surface area contributed by atoms with Crippen LogP contribution < -0.4 is 56.5 Å². The van der Waals surface area contributed by atoms with Gasteiger partial charge in [0.1, 0.15) is 202 Å². The normalized spacial score (nSPS) is 51.5. The van der Waals surface area contributed by atoms with E-state index in [1.165, 1.54) is 0 Å². The molecule has 0 aromatic heterocycles. The molecular formula is C52H83KO43. The molecule has 0 aromatic rings. The molecule has 30 saturated heterocycles. The van der Waals surface area contributed by atoms with E-state index in [0.717, 1.165) is 0 Å². The molecule has 0 spiro atoms. The van der Waals surface area contributed by atoms with Gasteiger partial charge in [0.2, 0.25) is 0 Å². The summed E-state index contributed by atoms with van der Waals surface area (Å²) in [4.78, 5) is 23.8. The summed E-state index contributed by atoms with van der Waals surface area (Å²) < 4.78 is 96.7. The number of aliphatic carboxylic acids is 1. The van der Waals surface area contributed by atoms with Crippen LogP contribution in [0.2, 0.25) is 0 Å². The first-order valence-electron chi connectivity index (χ1n) is 30.1. The van der Waals surface area contributed by atoms with E-state index in [1.54, 1.807) is 0 Å². The zero-order valence-electron chi connectivity index (χ0n) is 50.6.